The summed E-state index contributed by atoms with van der Waals surface area (Å²) >= 11 is 0. The summed E-state index contributed by atoms with van der Waals surface area (Å²) in [5, 5.41) is 5.38. The fourth-order valence-electron chi connectivity index (χ4n) is 3.13. The van der Waals surface area contributed by atoms with Gasteiger partial charge in [0.2, 0.25) is 0 Å². The fraction of sp³-hybridized carbons (Fsp3) is 0.167. The van der Waals surface area contributed by atoms with E-state index in [0.717, 1.165) is 17.5 Å². The van der Waals surface area contributed by atoms with E-state index in [2.05, 4.69) is 22.8 Å². The molecule has 0 bridgehead atoms. The Hall–Kier alpha value is -3.60. The van der Waals surface area contributed by atoms with Gasteiger partial charge in [0.15, 0.2) is 6.61 Å². The minimum absolute atomic E-state index is 0.146. The summed E-state index contributed by atoms with van der Waals surface area (Å²) < 4.78 is 5.79. The highest BCUT2D eigenvalue weighted by Crippen LogP contribution is 2.22. The zero-order valence-electron chi connectivity index (χ0n) is 16.6. The molecule has 5 heteroatoms. The number of hydrogen-bond donors (Lipinski definition) is 2. The topological polar surface area (TPSA) is 67.4 Å². The number of hydrogen-bond acceptors (Lipinski definition) is 3. The Bertz CT molecular complexity index is 1000. The van der Waals surface area contributed by atoms with Crippen LogP contribution in [0.5, 0.6) is 5.75 Å². The quantitative estimate of drug-likeness (QED) is 0.644. The molecular weight excluding hydrogens is 364 g/mol. The number of ether oxygens (including phenoxy) is 1. The monoisotopic (exact) mass is 388 g/mol. The standard InChI is InChI=1S/C24H24N2O3/c1-17-9-8-13-20(23(17)24(28)25-2)26-22(27)16-29-21-14-7-6-12-19(21)15-18-10-4-3-5-11-18/h3-14H,15-16H2,1-2H3,(H,25,28)(H,26,27). The van der Waals surface area contributed by atoms with Gasteiger partial charge in [0.1, 0.15) is 5.75 Å². The summed E-state index contributed by atoms with van der Waals surface area (Å²) in [5.74, 6) is 0.102. The molecule has 0 aromatic heterocycles. The molecule has 0 heterocycles. The van der Waals surface area contributed by atoms with E-state index >= 15 is 0 Å². The van der Waals surface area contributed by atoms with Crippen LogP contribution < -0.4 is 15.4 Å². The molecule has 0 aliphatic rings. The van der Waals surface area contributed by atoms with Gasteiger partial charge < -0.3 is 15.4 Å². The van der Waals surface area contributed by atoms with Crippen LogP contribution in [0, 0.1) is 6.92 Å². The third-order valence-corrected chi connectivity index (χ3v) is 4.57. The van der Waals surface area contributed by atoms with Crippen LogP contribution in [0.25, 0.3) is 0 Å². The second-order valence-corrected chi connectivity index (χ2v) is 6.68. The first-order valence-corrected chi connectivity index (χ1v) is 9.44. The molecule has 29 heavy (non-hydrogen) atoms. The van der Waals surface area contributed by atoms with Crippen molar-refractivity contribution >= 4 is 17.5 Å². The second kappa shape index (κ2) is 9.55. The zero-order chi connectivity index (χ0) is 20.6. The Morgan fingerprint density at radius 3 is 2.38 bits per heavy atom. The molecule has 0 saturated heterocycles. The maximum Gasteiger partial charge on any atom is 0.262 e. The maximum absolute atomic E-state index is 12.5. The van der Waals surface area contributed by atoms with Crippen LogP contribution in [0.2, 0.25) is 0 Å². The van der Waals surface area contributed by atoms with Crippen LogP contribution in [0.3, 0.4) is 0 Å². The Morgan fingerprint density at radius 2 is 1.62 bits per heavy atom. The highest BCUT2D eigenvalue weighted by molar-refractivity contribution is 6.05. The molecule has 2 amide bonds. The lowest BCUT2D eigenvalue weighted by Gasteiger charge is -2.14. The van der Waals surface area contributed by atoms with Crippen molar-refractivity contribution in [2.75, 3.05) is 19.0 Å². The normalized spacial score (nSPS) is 10.3. The molecule has 0 atom stereocenters. The van der Waals surface area contributed by atoms with E-state index in [1.165, 1.54) is 5.56 Å². The molecule has 0 spiro atoms. The van der Waals surface area contributed by atoms with Gasteiger partial charge in [0, 0.05) is 13.5 Å². The lowest BCUT2D eigenvalue weighted by Crippen LogP contribution is -2.25. The SMILES string of the molecule is CNC(=O)c1c(C)cccc1NC(=O)COc1ccccc1Cc1ccccc1. The van der Waals surface area contributed by atoms with Crippen LogP contribution in [0.4, 0.5) is 5.69 Å². The smallest absolute Gasteiger partial charge is 0.262 e. The number of aryl methyl sites for hydroxylation is 1. The van der Waals surface area contributed by atoms with Crippen molar-refractivity contribution in [1.29, 1.82) is 0 Å². The molecule has 0 unspecified atom stereocenters. The second-order valence-electron chi connectivity index (χ2n) is 6.68. The van der Waals surface area contributed by atoms with Crippen molar-refractivity contribution < 1.29 is 14.3 Å². The predicted molar refractivity (Wildman–Crippen MR) is 114 cm³/mol. The lowest BCUT2D eigenvalue weighted by molar-refractivity contribution is -0.118. The molecule has 0 fully saturated rings. The molecule has 2 N–H and O–H groups in total. The fourth-order valence-corrected chi connectivity index (χ4v) is 3.13. The van der Waals surface area contributed by atoms with Gasteiger partial charge in [-0.1, -0.05) is 60.7 Å². The van der Waals surface area contributed by atoms with E-state index in [-0.39, 0.29) is 18.4 Å². The zero-order valence-corrected chi connectivity index (χ0v) is 16.6. The van der Waals surface area contributed by atoms with E-state index in [9.17, 15) is 9.59 Å². The van der Waals surface area contributed by atoms with Crippen molar-refractivity contribution in [1.82, 2.24) is 5.32 Å². The molecule has 5 nitrogen and oxygen atoms in total. The van der Waals surface area contributed by atoms with E-state index in [0.29, 0.717) is 17.0 Å². The van der Waals surface area contributed by atoms with Gasteiger partial charge in [-0.05, 0) is 35.7 Å². The van der Waals surface area contributed by atoms with Gasteiger partial charge >= 0.3 is 0 Å². The van der Waals surface area contributed by atoms with E-state index in [1.54, 1.807) is 19.2 Å². The third kappa shape index (κ3) is 5.23. The molecule has 0 saturated carbocycles. The molecule has 3 aromatic carbocycles. The van der Waals surface area contributed by atoms with Gasteiger partial charge in [-0.15, -0.1) is 0 Å². The van der Waals surface area contributed by atoms with Gasteiger partial charge in [0.05, 0.1) is 11.3 Å². The van der Waals surface area contributed by atoms with Crippen molar-refractivity contribution in [3.63, 3.8) is 0 Å². The first-order valence-electron chi connectivity index (χ1n) is 9.44. The van der Waals surface area contributed by atoms with Crippen molar-refractivity contribution in [2.24, 2.45) is 0 Å². The number of benzene rings is 3. The van der Waals surface area contributed by atoms with Crippen molar-refractivity contribution in [3.8, 4) is 5.75 Å². The van der Waals surface area contributed by atoms with Crippen LogP contribution in [-0.4, -0.2) is 25.5 Å². The Kier molecular flexibility index (Phi) is 6.63. The first-order chi connectivity index (χ1) is 14.1. The Balaban J connectivity index is 1.68. The van der Waals surface area contributed by atoms with Crippen LogP contribution in [0.15, 0.2) is 72.8 Å². The summed E-state index contributed by atoms with van der Waals surface area (Å²) in [6.07, 6.45) is 0.720. The Morgan fingerprint density at radius 1 is 0.897 bits per heavy atom. The third-order valence-electron chi connectivity index (χ3n) is 4.57. The first kappa shape index (κ1) is 20.1. The number of anilines is 1. The number of carbonyl (C=O) groups is 2. The highest BCUT2D eigenvalue weighted by atomic mass is 16.5. The molecule has 0 radical (unpaired) electrons. The summed E-state index contributed by atoms with van der Waals surface area (Å²) in [4.78, 5) is 24.6. The Labute approximate surface area is 170 Å². The number of carbonyl (C=O) groups excluding carboxylic acids is 2. The summed E-state index contributed by atoms with van der Waals surface area (Å²) in [5.41, 5.74) is 3.88. The number of nitrogens with one attached hydrogen (secondary N) is 2. The molecule has 0 aliphatic heterocycles. The van der Waals surface area contributed by atoms with Gasteiger partial charge in [-0.2, -0.15) is 0 Å². The minimum Gasteiger partial charge on any atom is -0.483 e. The van der Waals surface area contributed by atoms with E-state index in [1.807, 2.05) is 55.5 Å². The van der Waals surface area contributed by atoms with Crippen LogP contribution in [-0.2, 0) is 11.2 Å². The molecule has 0 aliphatic carbocycles. The van der Waals surface area contributed by atoms with Crippen LogP contribution >= 0.6 is 0 Å². The average Bonchev–Trinajstić information content (AvgIpc) is 2.73. The summed E-state index contributed by atoms with van der Waals surface area (Å²) in [7, 11) is 1.56. The van der Waals surface area contributed by atoms with Crippen LogP contribution in [0.1, 0.15) is 27.0 Å². The van der Waals surface area contributed by atoms with Crippen molar-refractivity contribution in [2.45, 2.75) is 13.3 Å². The molecular formula is C24H24N2O3. The number of amides is 2. The number of rotatable bonds is 7. The maximum atomic E-state index is 12.5. The summed E-state index contributed by atoms with van der Waals surface area (Å²) in [6, 6.07) is 23.1. The molecule has 148 valence electrons. The highest BCUT2D eigenvalue weighted by Gasteiger charge is 2.15. The average molecular weight is 388 g/mol. The van der Waals surface area contributed by atoms with E-state index in [4.69, 9.17) is 4.74 Å². The molecule has 3 rings (SSSR count). The lowest BCUT2D eigenvalue weighted by atomic mass is 10.0. The largest absolute Gasteiger partial charge is 0.483 e. The number of para-hydroxylation sites is 1. The van der Waals surface area contributed by atoms with Crippen molar-refractivity contribution in [3.05, 3.63) is 95.1 Å². The van der Waals surface area contributed by atoms with Gasteiger partial charge in [0.25, 0.3) is 11.8 Å². The van der Waals surface area contributed by atoms with Gasteiger partial charge in [-0.25, -0.2) is 0 Å². The van der Waals surface area contributed by atoms with Gasteiger partial charge in [-0.3, -0.25) is 9.59 Å². The van der Waals surface area contributed by atoms with E-state index < -0.39 is 0 Å². The molecule has 3 aromatic rings. The minimum atomic E-state index is -0.324. The summed E-state index contributed by atoms with van der Waals surface area (Å²) in [6.45, 7) is 1.68. The predicted octanol–water partition coefficient (Wildman–Crippen LogP) is 3.96.